The lowest BCUT2D eigenvalue weighted by Crippen LogP contribution is -2.23. The summed E-state index contributed by atoms with van der Waals surface area (Å²) in [5, 5.41) is 0. The summed E-state index contributed by atoms with van der Waals surface area (Å²) in [7, 11) is 0. The third kappa shape index (κ3) is 2.98. The van der Waals surface area contributed by atoms with Crippen LogP contribution in [0, 0.1) is 0 Å². The van der Waals surface area contributed by atoms with Crippen molar-refractivity contribution in [2.45, 2.75) is 38.8 Å². The van der Waals surface area contributed by atoms with Crippen LogP contribution in [0.5, 0.6) is 11.8 Å². The van der Waals surface area contributed by atoms with Crippen LogP contribution in [-0.4, -0.2) is 28.5 Å². The van der Waals surface area contributed by atoms with Crippen molar-refractivity contribution in [2.75, 3.05) is 6.61 Å². The summed E-state index contributed by atoms with van der Waals surface area (Å²) in [4.78, 5) is 14.7. The number of hydrogen-bond acceptors (Lipinski definition) is 4. The summed E-state index contributed by atoms with van der Waals surface area (Å²) in [5.74, 6) is 0.828. The Kier molecular flexibility index (Phi) is 3.64. The van der Waals surface area contributed by atoms with Crippen LogP contribution < -0.4 is 9.47 Å². The second-order valence-electron chi connectivity index (χ2n) is 6.54. The average molecular weight is 300 g/mol. The number of benzene rings is 1. The van der Waals surface area contributed by atoms with Gasteiger partial charge in [-0.3, -0.25) is 9.36 Å². The molecule has 0 spiro atoms. The van der Waals surface area contributed by atoms with E-state index in [1.54, 1.807) is 6.20 Å². The van der Waals surface area contributed by atoms with Crippen LogP contribution in [0.15, 0.2) is 30.5 Å². The molecule has 1 aromatic carbocycles. The fourth-order valence-corrected chi connectivity index (χ4v) is 2.43. The molecule has 3 rings (SSSR count). The van der Waals surface area contributed by atoms with E-state index in [-0.39, 0.29) is 11.5 Å². The highest BCUT2D eigenvalue weighted by atomic mass is 16.6. The van der Waals surface area contributed by atoms with Gasteiger partial charge in [-0.1, -0.05) is 32.9 Å². The van der Waals surface area contributed by atoms with Gasteiger partial charge in [0.25, 0.3) is 6.01 Å². The first kappa shape index (κ1) is 14.6. The molecule has 0 saturated heterocycles. The molecule has 1 atom stereocenters. The predicted octanol–water partition coefficient (Wildman–Crippen LogP) is 2.83. The number of hydrogen-bond donors (Lipinski definition) is 0. The van der Waals surface area contributed by atoms with Crippen LogP contribution in [0.4, 0.5) is 0 Å². The molecule has 0 bridgehead atoms. The van der Waals surface area contributed by atoms with E-state index in [4.69, 9.17) is 9.47 Å². The Morgan fingerprint density at radius 3 is 2.68 bits per heavy atom. The van der Waals surface area contributed by atoms with E-state index in [0.717, 1.165) is 12.0 Å². The number of fused-ring (bicyclic) bond motifs is 1. The molecule has 0 aliphatic carbocycles. The van der Waals surface area contributed by atoms with Gasteiger partial charge in [0.15, 0.2) is 12.4 Å². The topological polar surface area (TPSA) is 53.4 Å². The first-order chi connectivity index (χ1) is 10.5. The van der Waals surface area contributed by atoms with E-state index in [1.807, 2.05) is 16.7 Å². The number of imidazole rings is 1. The second-order valence-corrected chi connectivity index (χ2v) is 6.54. The lowest BCUT2D eigenvalue weighted by atomic mass is 9.87. The Bertz CT molecular complexity index is 645. The van der Waals surface area contributed by atoms with Crippen LogP contribution in [-0.2, 0) is 12.0 Å². The number of rotatable bonds is 4. The lowest BCUT2D eigenvalue weighted by Gasteiger charge is -2.19. The van der Waals surface area contributed by atoms with Gasteiger partial charge in [0.2, 0.25) is 0 Å². The van der Waals surface area contributed by atoms with Crippen LogP contribution in [0.2, 0.25) is 0 Å². The summed E-state index contributed by atoms with van der Waals surface area (Å²) in [6.45, 7) is 7.66. The number of aldehydes is 1. The fraction of sp³-hybridized carbons (Fsp3) is 0.412. The molecule has 5 heteroatoms. The number of carbonyl (C=O) groups excluding carboxylic acids is 1. The maximum absolute atomic E-state index is 10.6. The number of ether oxygens (including phenoxy) is 2. The smallest absolute Gasteiger partial charge is 0.297 e. The first-order valence-electron chi connectivity index (χ1n) is 7.38. The van der Waals surface area contributed by atoms with Crippen molar-refractivity contribution in [2.24, 2.45) is 0 Å². The second kappa shape index (κ2) is 5.48. The molecule has 2 heterocycles. The minimum Gasteiger partial charge on any atom is -0.490 e. The molecule has 22 heavy (non-hydrogen) atoms. The lowest BCUT2D eigenvalue weighted by molar-refractivity contribution is 0.111. The van der Waals surface area contributed by atoms with Gasteiger partial charge in [0, 0.05) is 6.20 Å². The number of aromatic nitrogens is 2. The Morgan fingerprint density at radius 2 is 2.09 bits per heavy atom. The van der Waals surface area contributed by atoms with E-state index < -0.39 is 0 Å². The molecule has 1 aliphatic rings. The van der Waals surface area contributed by atoms with Gasteiger partial charge in [-0.05, 0) is 23.1 Å². The largest absolute Gasteiger partial charge is 0.490 e. The average Bonchev–Trinajstić information content (AvgIpc) is 3.02. The molecule has 1 aromatic heterocycles. The van der Waals surface area contributed by atoms with Crippen LogP contribution in [0.25, 0.3) is 0 Å². The van der Waals surface area contributed by atoms with Crippen LogP contribution in [0.1, 0.15) is 36.8 Å². The number of nitrogens with zero attached hydrogens (tertiary/aromatic N) is 2. The molecule has 0 fully saturated rings. The summed E-state index contributed by atoms with van der Waals surface area (Å²) in [6, 6.07) is 8.63. The molecular weight excluding hydrogens is 280 g/mol. The van der Waals surface area contributed by atoms with Gasteiger partial charge in [0.05, 0.1) is 6.54 Å². The summed E-state index contributed by atoms with van der Waals surface area (Å²) >= 11 is 0. The molecule has 2 aromatic rings. The highest BCUT2D eigenvalue weighted by Gasteiger charge is 2.25. The molecule has 0 saturated carbocycles. The quantitative estimate of drug-likeness (QED) is 0.815. The zero-order valence-electron chi connectivity index (χ0n) is 13.1. The van der Waals surface area contributed by atoms with Crippen molar-refractivity contribution in [1.82, 2.24) is 9.55 Å². The fourth-order valence-electron chi connectivity index (χ4n) is 2.43. The van der Waals surface area contributed by atoms with Gasteiger partial charge in [0.1, 0.15) is 18.1 Å². The number of carbonyl (C=O) groups is 1. The highest BCUT2D eigenvalue weighted by molar-refractivity contribution is 5.71. The molecule has 1 aliphatic heterocycles. The third-order valence-corrected chi connectivity index (χ3v) is 3.71. The van der Waals surface area contributed by atoms with E-state index in [1.165, 1.54) is 5.56 Å². The van der Waals surface area contributed by atoms with Gasteiger partial charge < -0.3 is 9.47 Å². The molecule has 116 valence electrons. The molecule has 0 unspecified atom stereocenters. The van der Waals surface area contributed by atoms with Crippen molar-refractivity contribution >= 4 is 6.29 Å². The van der Waals surface area contributed by atoms with Crippen molar-refractivity contribution in [3.8, 4) is 11.8 Å². The Balaban J connectivity index is 1.55. The molecule has 0 N–H and O–H groups in total. The molecule has 0 radical (unpaired) electrons. The first-order valence-corrected chi connectivity index (χ1v) is 7.38. The molecular formula is C17H20N2O3. The SMILES string of the molecule is CC(C)(C)c1ccc(OC[C@@H]2Cn3cc(C=O)nc3O2)cc1. The van der Waals surface area contributed by atoms with E-state index in [9.17, 15) is 4.79 Å². The third-order valence-electron chi connectivity index (χ3n) is 3.71. The standard InChI is InChI=1S/C17H20N2O3/c1-17(2,3)12-4-6-14(7-5-12)21-11-15-9-19-8-13(10-20)18-16(19)22-15/h4-8,10,15H,9,11H2,1-3H3/t15-/m0/s1. The van der Waals surface area contributed by atoms with E-state index >= 15 is 0 Å². The summed E-state index contributed by atoms with van der Waals surface area (Å²) in [5.41, 5.74) is 1.81. The predicted molar refractivity (Wildman–Crippen MR) is 82.7 cm³/mol. The van der Waals surface area contributed by atoms with Crippen LogP contribution >= 0.6 is 0 Å². The molecule has 0 amide bonds. The maximum Gasteiger partial charge on any atom is 0.297 e. The Labute approximate surface area is 129 Å². The summed E-state index contributed by atoms with van der Waals surface area (Å²) < 4.78 is 13.3. The van der Waals surface area contributed by atoms with Crippen LogP contribution in [0.3, 0.4) is 0 Å². The minimum atomic E-state index is -0.0782. The van der Waals surface area contributed by atoms with E-state index in [2.05, 4.69) is 37.9 Å². The Hall–Kier alpha value is -2.30. The Morgan fingerprint density at radius 1 is 1.36 bits per heavy atom. The zero-order valence-corrected chi connectivity index (χ0v) is 13.1. The monoisotopic (exact) mass is 300 g/mol. The van der Waals surface area contributed by atoms with Crippen molar-refractivity contribution in [3.05, 3.63) is 41.7 Å². The van der Waals surface area contributed by atoms with E-state index in [0.29, 0.717) is 24.9 Å². The zero-order chi connectivity index (χ0) is 15.7. The normalized spacial score (nSPS) is 17.0. The minimum absolute atomic E-state index is 0.0782. The van der Waals surface area contributed by atoms with Crippen molar-refractivity contribution in [3.63, 3.8) is 0 Å². The highest BCUT2D eigenvalue weighted by Crippen LogP contribution is 2.25. The van der Waals surface area contributed by atoms with Gasteiger partial charge in [-0.15, -0.1) is 0 Å². The van der Waals surface area contributed by atoms with Gasteiger partial charge in [-0.25, -0.2) is 0 Å². The molecule has 5 nitrogen and oxygen atoms in total. The maximum atomic E-state index is 10.6. The summed E-state index contributed by atoms with van der Waals surface area (Å²) in [6.07, 6.45) is 2.34. The van der Waals surface area contributed by atoms with Gasteiger partial charge in [-0.2, -0.15) is 4.98 Å². The van der Waals surface area contributed by atoms with Crippen molar-refractivity contribution < 1.29 is 14.3 Å². The van der Waals surface area contributed by atoms with Crippen molar-refractivity contribution in [1.29, 1.82) is 0 Å². The van der Waals surface area contributed by atoms with Gasteiger partial charge >= 0.3 is 0 Å².